The van der Waals surface area contributed by atoms with Crippen LogP contribution in [0.3, 0.4) is 0 Å². The summed E-state index contributed by atoms with van der Waals surface area (Å²) in [5, 5.41) is 14.4. The number of nitrogens with zero attached hydrogens (tertiary/aromatic N) is 5. The lowest BCUT2D eigenvalue weighted by atomic mass is 9.82. The van der Waals surface area contributed by atoms with Gasteiger partial charge in [-0.1, -0.05) is 6.07 Å². The van der Waals surface area contributed by atoms with Gasteiger partial charge in [0.2, 0.25) is 0 Å². The molecule has 0 spiro atoms. The van der Waals surface area contributed by atoms with Crippen molar-refractivity contribution in [2.45, 2.75) is 62.8 Å². The molecule has 0 aromatic heterocycles. The number of carbonyl (C=O) groups is 3. The van der Waals surface area contributed by atoms with Crippen LogP contribution < -0.4 is 10.1 Å². The van der Waals surface area contributed by atoms with Gasteiger partial charge in [-0.05, 0) is 107 Å². The lowest BCUT2D eigenvalue weighted by molar-refractivity contribution is -0.942. The number of ether oxygens (including phenoxy) is 1. The molecule has 4 aliphatic heterocycles. The molecule has 2 aromatic carbocycles. The third-order valence-electron chi connectivity index (χ3n) is 11.4. The lowest BCUT2D eigenvalue weighted by Crippen LogP contribution is -2.79. The van der Waals surface area contributed by atoms with E-state index in [4.69, 9.17) is 4.74 Å². The van der Waals surface area contributed by atoms with Gasteiger partial charge in [-0.15, -0.1) is 0 Å². The van der Waals surface area contributed by atoms with Gasteiger partial charge in [0, 0.05) is 77.8 Å². The van der Waals surface area contributed by atoms with Crippen molar-refractivity contribution in [2.75, 3.05) is 71.8 Å². The standard InChI is InChI=1S/C35H46Br2N6O5/c1-39-12-8-27(9-13-39)40-15-17-41(18-16-40)35(11-20-44)23-28(42-14-7-26-22-29(48-2)4-6-32(26)38-33(42)45)10-19-43(35,34(46)47)24-25-3-5-30(36)31(37)21-25/h3-6,20-22,27-28H,7-19,23-24H2,1-2H3,(H-,38,45,46,47)/p+1/t28?,35?,43-/m0/s1. The van der Waals surface area contributed by atoms with Gasteiger partial charge in [0.1, 0.15) is 18.6 Å². The molecule has 0 radical (unpaired) electrons. The van der Waals surface area contributed by atoms with Crippen molar-refractivity contribution in [1.82, 2.24) is 19.6 Å². The molecule has 6 rings (SSSR count). The third-order valence-corrected chi connectivity index (χ3v) is 13.3. The molecule has 2 aromatic rings. The number of aldehydes is 1. The fourth-order valence-corrected chi connectivity index (χ4v) is 9.38. The Morgan fingerprint density at radius 1 is 1.02 bits per heavy atom. The minimum absolute atomic E-state index is 0.0641. The van der Waals surface area contributed by atoms with Crippen LogP contribution in [0.2, 0.25) is 0 Å². The number of hydrogen-bond acceptors (Lipinski definition) is 7. The highest BCUT2D eigenvalue weighted by Crippen LogP contribution is 2.45. The quantitative estimate of drug-likeness (QED) is 0.269. The zero-order valence-electron chi connectivity index (χ0n) is 27.9. The number of urea groups is 1. The van der Waals surface area contributed by atoms with E-state index < -0.39 is 11.8 Å². The van der Waals surface area contributed by atoms with Crippen LogP contribution in [-0.2, 0) is 17.8 Å². The van der Waals surface area contributed by atoms with Gasteiger partial charge in [-0.3, -0.25) is 4.90 Å². The van der Waals surface area contributed by atoms with Gasteiger partial charge in [-0.2, -0.15) is 4.79 Å². The summed E-state index contributed by atoms with van der Waals surface area (Å²) in [6.07, 6.45) is 3.83. The molecule has 4 aliphatic rings. The molecule has 2 N–H and O–H groups in total. The second kappa shape index (κ2) is 14.7. The number of piperidine rings is 2. The maximum atomic E-state index is 13.8. The molecule has 2 unspecified atom stereocenters. The molecule has 11 nitrogen and oxygen atoms in total. The molecule has 3 atom stereocenters. The second-order valence-corrected chi connectivity index (χ2v) is 15.5. The smallest absolute Gasteiger partial charge is 0.497 e. The summed E-state index contributed by atoms with van der Waals surface area (Å²) in [5.41, 5.74) is 1.60. The Balaban J connectivity index is 1.34. The van der Waals surface area contributed by atoms with Crippen LogP contribution in [0.15, 0.2) is 45.3 Å². The van der Waals surface area contributed by atoms with Gasteiger partial charge < -0.3 is 29.8 Å². The van der Waals surface area contributed by atoms with Gasteiger partial charge in [0.15, 0.2) is 5.66 Å². The molecule has 0 saturated carbocycles. The van der Waals surface area contributed by atoms with Gasteiger partial charge in [0.25, 0.3) is 0 Å². The van der Waals surface area contributed by atoms with E-state index in [1.54, 1.807) is 7.11 Å². The topological polar surface area (TPSA) is 106 Å². The molecule has 3 fully saturated rings. The summed E-state index contributed by atoms with van der Waals surface area (Å²) in [6, 6.07) is 11.6. The molecule has 3 saturated heterocycles. The Kier molecular flexibility index (Phi) is 10.8. The SMILES string of the molecule is COc1ccc2c(c1)CCN(C1CC[N@+](Cc3ccc(Br)c(Br)c3)(C(=O)O)C(CC=O)(N3CCN(C4CCN(C)CC4)CC3)C1)C(=O)N2. The van der Waals surface area contributed by atoms with Gasteiger partial charge in [-0.25, -0.2) is 14.2 Å². The zero-order chi connectivity index (χ0) is 34.1. The molecule has 48 heavy (non-hydrogen) atoms. The Morgan fingerprint density at radius 2 is 1.77 bits per heavy atom. The molecule has 260 valence electrons. The normalized spacial score (nSPS) is 28.0. The number of nitrogens with one attached hydrogen (secondary N) is 1. The number of carboxylic acid groups (broad SMARTS) is 1. The van der Waals surface area contributed by atoms with E-state index in [0.29, 0.717) is 51.5 Å². The molecule has 0 aliphatic carbocycles. The van der Waals surface area contributed by atoms with E-state index in [-0.39, 0.29) is 29.5 Å². The first-order valence-electron chi connectivity index (χ1n) is 17.0. The minimum atomic E-state index is -1.04. The average Bonchev–Trinajstić information content (AvgIpc) is 3.25. The number of fused-ring (bicyclic) bond motifs is 1. The highest BCUT2D eigenvalue weighted by atomic mass is 79.9. The largest absolute Gasteiger partial charge is 0.515 e. The summed E-state index contributed by atoms with van der Waals surface area (Å²) >= 11 is 7.16. The third kappa shape index (κ3) is 6.78. The monoisotopic (exact) mass is 789 g/mol. The Bertz CT molecular complexity index is 1510. The molecule has 0 bridgehead atoms. The number of hydrogen-bond donors (Lipinski definition) is 2. The number of likely N-dealkylation sites (tertiary alicyclic amines) is 2. The zero-order valence-corrected chi connectivity index (χ0v) is 31.0. The number of quaternary nitrogens is 1. The van der Waals surface area contributed by atoms with E-state index in [1.165, 1.54) is 0 Å². The number of piperazine rings is 1. The van der Waals surface area contributed by atoms with Crippen LogP contribution in [0.1, 0.15) is 43.2 Å². The van der Waals surface area contributed by atoms with Crippen LogP contribution in [0.4, 0.5) is 15.3 Å². The molecule has 4 heterocycles. The molecule has 3 amide bonds. The lowest BCUT2D eigenvalue weighted by Gasteiger charge is -2.59. The van der Waals surface area contributed by atoms with Crippen molar-refractivity contribution in [2.24, 2.45) is 0 Å². The van der Waals surface area contributed by atoms with Crippen molar-refractivity contribution < 1.29 is 28.7 Å². The number of halogens is 2. The minimum Gasteiger partial charge on any atom is -0.497 e. The number of methoxy groups -OCH3 is 1. The van der Waals surface area contributed by atoms with Crippen molar-refractivity contribution in [3.63, 3.8) is 0 Å². The second-order valence-electron chi connectivity index (χ2n) is 13.8. The van der Waals surface area contributed by atoms with E-state index in [9.17, 15) is 19.5 Å². The fraction of sp³-hybridized carbons (Fsp3) is 0.571. The van der Waals surface area contributed by atoms with Crippen LogP contribution in [0.25, 0.3) is 0 Å². The number of anilines is 1. The number of carbonyl (C=O) groups excluding carboxylic acids is 2. The Labute approximate surface area is 300 Å². The summed E-state index contributed by atoms with van der Waals surface area (Å²) in [6.45, 7) is 6.16. The first-order valence-corrected chi connectivity index (χ1v) is 18.6. The summed E-state index contributed by atoms with van der Waals surface area (Å²) < 4.78 is 6.90. The van der Waals surface area contributed by atoms with Crippen LogP contribution >= 0.6 is 31.9 Å². The predicted octanol–water partition coefficient (Wildman–Crippen LogP) is 5.46. The first-order chi connectivity index (χ1) is 23.1. The van der Waals surface area contributed by atoms with Gasteiger partial charge in [0.05, 0.1) is 20.1 Å². The number of benzene rings is 2. The molecular formula is C35H47Br2N6O5+. The van der Waals surface area contributed by atoms with Crippen molar-refractivity contribution in [3.05, 3.63) is 56.5 Å². The fourth-order valence-electron chi connectivity index (χ4n) is 8.70. The summed E-state index contributed by atoms with van der Waals surface area (Å²) in [4.78, 5) is 49.5. The maximum Gasteiger partial charge on any atom is 0.515 e. The van der Waals surface area contributed by atoms with Crippen molar-refractivity contribution in [3.8, 4) is 5.75 Å². The van der Waals surface area contributed by atoms with E-state index in [1.807, 2.05) is 41.3 Å². The Hall–Kier alpha value is -2.55. The van der Waals surface area contributed by atoms with Crippen LogP contribution in [-0.4, -0.2) is 132 Å². The summed E-state index contributed by atoms with van der Waals surface area (Å²) in [5.74, 6) is 0.738. The predicted molar refractivity (Wildman–Crippen MR) is 191 cm³/mol. The molecular weight excluding hydrogens is 744 g/mol. The van der Waals surface area contributed by atoms with E-state index in [0.717, 1.165) is 76.8 Å². The summed E-state index contributed by atoms with van der Waals surface area (Å²) in [7, 11) is 3.80. The number of rotatable bonds is 8. The van der Waals surface area contributed by atoms with Crippen LogP contribution in [0, 0.1) is 0 Å². The highest BCUT2D eigenvalue weighted by Gasteiger charge is 2.64. The Morgan fingerprint density at radius 3 is 2.44 bits per heavy atom. The van der Waals surface area contributed by atoms with E-state index >= 15 is 0 Å². The van der Waals surface area contributed by atoms with Crippen LogP contribution in [0.5, 0.6) is 5.75 Å². The molecule has 13 heteroatoms. The average molecular weight is 792 g/mol. The van der Waals surface area contributed by atoms with E-state index in [2.05, 4.69) is 58.9 Å². The first kappa shape index (κ1) is 35.3. The number of amides is 3. The maximum absolute atomic E-state index is 13.8. The van der Waals surface area contributed by atoms with Gasteiger partial charge >= 0.3 is 12.1 Å². The van der Waals surface area contributed by atoms with Crippen molar-refractivity contribution in [1.29, 1.82) is 0 Å². The van der Waals surface area contributed by atoms with Crippen molar-refractivity contribution >= 4 is 56.0 Å². The highest BCUT2D eigenvalue weighted by molar-refractivity contribution is 9.13.